The summed E-state index contributed by atoms with van der Waals surface area (Å²) in [6.07, 6.45) is 3.86. The normalized spacial score (nSPS) is 20.8. The largest absolute Gasteiger partial charge is 0.489 e. The molecule has 1 heterocycles. The highest BCUT2D eigenvalue weighted by Gasteiger charge is 2.42. The number of carbonyl (C=O) groups excluding carboxylic acids is 2. The summed E-state index contributed by atoms with van der Waals surface area (Å²) < 4.78 is 16.2. The first kappa shape index (κ1) is 35.8. The molecule has 0 spiro atoms. The van der Waals surface area contributed by atoms with E-state index in [4.69, 9.17) is 14.2 Å². The summed E-state index contributed by atoms with van der Waals surface area (Å²) in [6, 6.07) is 9.43. The van der Waals surface area contributed by atoms with Crippen LogP contribution < -0.4 is 15.4 Å². The number of rotatable bonds is 17. The van der Waals surface area contributed by atoms with Crippen LogP contribution in [0.5, 0.6) is 5.75 Å². The first-order valence-corrected chi connectivity index (χ1v) is 16.6. The summed E-state index contributed by atoms with van der Waals surface area (Å²) in [4.78, 5) is 31.6. The van der Waals surface area contributed by atoms with Gasteiger partial charge < -0.3 is 40.2 Å². The summed E-state index contributed by atoms with van der Waals surface area (Å²) in [5.74, 6) is -1.81. The van der Waals surface area contributed by atoms with Crippen LogP contribution in [0.4, 0.5) is 0 Å². The van der Waals surface area contributed by atoms with Gasteiger partial charge in [0, 0.05) is 19.7 Å². The summed E-state index contributed by atoms with van der Waals surface area (Å²) in [7, 11) is 1.59. The molecular weight excluding hydrogens is 590 g/mol. The van der Waals surface area contributed by atoms with Crippen LogP contribution in [-0.4, -0.2) is 90.0 Å². The summed E-state index contributed by atoms with van der Waals surface area (Å²) >= 11 is 0. The van der Waals surface area contributed by atoms with E-state index < -0.39 is 48.1 Å². The second kappa shape index (κ2) is 17.7. The zero-order chi connectivity index (χ0) is 33.1. The number of benzene rings is 1. The van der Waals surface area contributed by atoms with Gasteiger partial charge in [-0.15, -0.1) is 0 Å². The number of ether oxygens (including phenoxy) is 3. The number of carbonyl (C=O) groups is 2. The van der Waals surface area contributed by atoms with Crippen molar-refractivity contribution >= 4 is 11.8 Å². The first-order chi connectivity index (χ1) is 22.2. The van der Waals surface area contributed by atoms with Crippen LogP contribution in [0.1, 0.15) is 80.0 Å². The van der Waals surface area contributed by atoms with Gasteiger partial charge in [-0.3, -0.25) is 9.59 Å². The number of aromatic nitrogens is 1. The smallest absolute Gasteiger partial charge is 0.274 e. The fourth-order valence-corrected chi connectivity index (χ4v) is 6.73. The van der Waals surface area contributed by atoms with Crippen molar-refractivity contribution in [1.29, 1.82) is 0 Å². The zero-order valence-electron chi connectivity index (χ0n) is 27.3. The van der Waals surface area contributed by atoms with Gasteiger partial charge in [0.05, 0.1) is 50.0 Å². The lowest BCUT2D eigenvalue weighted by Gasteiger charge is -2.36. The number of aliphatic hydroxyl groups excluding tert-OH is 3. The van der Waals surface area contributed by atoms with E-state index in [0.717, 1.165) is 43.2 Å². The van der Waals surface area contributed by atoms with Crippen molar-refractivity contribution < 1.29 is 39.1 Å². The molecule has 2 amide bonds. The van der Waals surface area contributed by atoms with Gasteiger partial charge in [-0.1, -0.05) is 70.2 Å². The molecule has 5 N–H and O–H groups in total. The summed E-state index contributed by atoms with van der Waals surface area (Å²) in [5.41, 5.74) is 1.87. The minimum atomic E-state index is -1.48. The molecule has 0 saturated heterocycles. The molecule has 2 unspecified atom stereocenters. The van der Waals surface area contributed by atoms with Gasteiger partial charge in [0.1, 0.15) is 12.7 Å². The lowest BCUT2D eigenvalue weighted by atomic mass is 9.79. The molecule has 1 fully saturated rings. The van der Waals surface area contributed by atoms with E-state index in [0.29, 0.717) is 32.7 Å². The maximum Gasteiger partial charge on any atom is 0.274 e. The molecule has 2 aliphatic carbocycles. The third-order valence-electron chi connectivity index (χ3n) is 9.18. The van der Waals surface area contributed by atoms with E-state index >= 15 is 0 Å². The molecule has 1 aromatic heterocycles. The Morgan fingerprint density at radius 1 is 0.978 bits per heavy atom. The Morgan fingerprint density at radius 2 is 1.72 bits per heavy atom. The maximum atomic E-state index is 13.7. The van der Waals surface area contributed by atoms with Gasteiger partial charge in [0.25, 0.3) is 5.91 Å². The zero-order valence-corrected chi connectivity index (χ0v) is 27.3. The molecule has 1 saturated carbocycles. The van der Waals surface area contributed by atoms with E-state index in [9.17, 15) is 24.9 Å². The van der Waals surface area contributed by atoms with Crippen molar-refractivity contribution in [1.82, 2.24) is 15.6 Å². The molecule has 2 aromatic rings. The molecule has 2 aliphatic rings. The highest BCUT2D eigenvalue weighted by atomic mass is 16.5. The number of methoxy groups -OCH3 is 1. The summed E-state index contributed by atoms with van der Waals surface area (Å²) in [6.45, 7) is 5.01. The average molecular weight is 642 g/mol. The first-order valence-electron chi connectivity index (χ1n) is 16.6. The molecule has 46 heavy (non-hydrogen) atoms. The molecule has 254 valence electrons. The van der Waals surface area contributed by atoms with E-state index in [1.54, 1.807) is 19.2 Å². The maximum absolute atomic E-state index is 13.7. The van der Waals surface area contributed by atoms with Crippen LogP contribution in [0.2, 0.25) is 0 Å². The third-order valence-corrected chi connectivity index (χ3v) is 9.18. The van der Waals surface area contributed by atoms with Gasteiger partial charge in [-0.2, -0.15) is 0 Å². The van der Waals surface area contributed by atoms with E-state index in [2.05, 4.69) is 15.6 Å². The van der Waals surface area contributed by atoms with Crippen LogP contribution in [-0.2, 0) is 20.7 Å². The van der Waals surface area contributed by atoms with E-state index in [1.807, 2.05) is 38.1 Å². The number of nitrogens with zero attached hydrogens (tertiary/aromatic N) is 1. The van der Waals surface area contributed by atoms with Crippen molar-refractivity contribution in [2.45, 2.75) is 89.2 Å². The second-order valence-electron chi connectivity index (χ2n) is 12.8. The number of nitrogens with one attached hydrogen (secondary N) is 2. The molecule has 4 rings (SSSR count). The number of hydrogen-bond acceptors (Lipinski definition) is 9. The number of pyridine rings is 1. The Labute approximate surface area is 272 Å². The minimum Gasteiger partial charge on any atom is -0.489 e. The predicted octanol–water partition coefficient (Wildman–Crippen LogP) is 2.96. The second-order valence-corrected chi connectivity index (χ2v) is 12.8. The predicted molar refractivity (Wildman–Crippen MR) is 172 cm³/mol. The van der Waals surface area contributed by atoms with Crippen molar-refractivity contribution in [3.63, 3.8) is 0 Å². The Kier molecular flexibility index (Phi) is 13.8. The fourth-order valence-electron chi connectivity index (χ4n) is 6.73. The van der Waals surface area contributed by atoms with Gasteiger partial charge >= 0.3 is 0 Å². The van der Waals surface area contributed by atoms with Crippen molar-refractivity contribution in [3.8, 4) is 5.75 Å². The molecule has 11 heteroatoms. The lowest BCUT2D eigenvalue weighted by molar-refractivity contribution is -0.137. The summed E-state index contributed by atoms with van der Waals surface area (Å²) in [5, 5.41) is 39.9. The van der Waals surface area contributed by atoms with Gasteiger partial charge in [-0.25, -0.2) is 4.98 Å². The molecule has 6 atom stereocenters. The van der Waals surface area contributed by atoms with Crippen molar-refractivity contribution in [2.75, 3.05) is 33.5 Å². The van der Waals surface area contributed by atoms with Crippen molar-refractivity contribution in [3.05, 3.63) is 59.4 Å². The highest BCUT2D eigenvalue weighted by Crippen LogP contribution is 2.33. The van der Waals surface area contributed by atoms with Crippen LogP contribution >= 0.6 is 0 Å². The number of aliphatic hydroxyl groups is 3. The van der Waals surface area contributed by atoms with Gasteiger partial charge in [-0.05, 0) is 41.5 Å². The van der Waals surface area contributed by atoms with Crippen molar-refractivity contribution in [2.24, 2.45) is 17.8 Å². The molecule has 1 aromatic carbocycles. The quantitative estimate of drug-likeness (QED) is 0.164. The average Bonchev–Trinajstić information content (AvgIpc) is 3.36. The van der Waals surface area contributed by atoms with Crippen LogP contribution in [0.15, 0.2) is 42.6 Å². The lowest BCUT2D eigenvalue weighted by Crippen LogP contribution is -2.55. The van der Waals surface area contributed by atoms with Crippen LogP contribution in [0.3, 0.4) is 0 Å². The monoisotopic (exact) mass is 641 g/mol. The van der Waals surface area contributed by atoms with Gasteiger partial charge in [0.15, 0.2) is 11.4 Å². The molecular formula is C35H51N3O8. The number of hydrogen-bond donors (Lipinski definition) is 5. The van der Waals surface area contributed by atoms with E-state index in [-0.39, 0.29) is 29.9 Å². The Balaban J connectivity index is 1.49. The Bertz CT molecular complexity index is 1250. The SMILES string of the molecule is COCCOCCOc1cccnc1C(=O)N[C@@H](CC1CCCCC1)[C@@H](O)[C@H](O)[C@H](C(=O)NC1c2ccccc2CC1O)C(C)C. The number of amides is 2. The van der Waals surface area contributed by atoms with Crippen LogP contribution in [0, 0.1) is 17.8 Å². The fraction of sp³-hybridized carbons (Fsp3) is 0.629. The van der Waals surface area contributed by atoms with Crippen LogP contribution in [0.25, 0.3) is 0 Å². The number of fused-ring (bicyclic) bond motifs is 1. The Morgan fingerprint density at radius 3 is 2.46 bits per heavy atom. The molecule has 0 bridgehead atoms. The molecule has 11 nitrogen and oxygen atoms in total. The standard InChI is InChI=1S/C35H51N3O8/c1-22(2)29(34(42)38-30-25-13-8-7-12-24(25)21-27(30)39)33(41)32(40)26(20-23-10-5-4-6-11-23)37-35(43)31-28(14-9-15-36-31)46-19-18-45-17-16-44-3/h7-9,12-15,22-23,26-27,29-30,32-33,39-41H,4-6,10-11,16-21H2,1-3H3,(H,37,43)(H,38,42)/t26-,27?,29+,30?,32+,33+/m0/s1. The topological polar surface area (TPSA) is 159 Å². The molecule has 0 radical (unpaired) electrons. The third kappa shape index (κ3) is 9.48. The minimum absolute atomic E-state index is 0.0572. The van der Waals surface area contributed by atoms with Gasteiger partial charge in [0.2, 0.25) is 5.91 Å². The Hall–Kier alpha value is -3.09. The molecule has 0 aliphatic heterocycles. The highest BCUT2D eigenvalue weighted by molar-refractivity contribution is 5.95. The van der Waals surface area contributed by atoms with E-state index in [1.165, 1.54) is 6.20 Å².